The average molecular weight is 311 g/mol. The molecule has 0 fully saturated rings. The van der Waals surface area contributed by atoms with Gasteiger partial charge in [-0.1, -0.05) is 29.3 Å². The summed E-state index contributed by atoms with van der Waals surface area (Å²) in [5.41, 5.74) is 7.53. The average Bonchev–Trinajstić information content (AvgIpc) is 2.76. The maximum absolute atomic E-state index is 13.7. The van der Waals surface area contributed by atoms with Crippen molar-refractivity contribution in [2.24, 2.45) is 0 Å². The zero-order valence-electron chi connectivity index (χ0n) is 10.2. The molecule has 20 heavy (non-hydrogen) atoms. The molecule has 2 aromatic carbocycles. The van der Waals surface area contributed by atoms with Crippen molar-refractivity contribution in [2.45, 2.75) is 6.42 Å². The van der Waals surface area contributed by atoms with Crippen molar-refractivity contribution in [3.63, 3.8) is 0 Å². The van der Waals surface area contributed by atoms with E-state index in [0.717, 1.165) is 0 Å². The van der Waals surface area contributed by atoms with Crippen LogP contribution in [0.5, 0.6) is 0 Å². The Morgan fingerprint density at radius 1 is 1.20 bits per heavy atom. The van der Waals surface area contributed by atoms with Crippen molar-refractivity contribution in [1.82, 2.24) is 4.98 Å². The van der Waals surface area contributed by atoms with Gasteiger partial charge in [0.25, 0.3) is 0 Å². The third-order valence-corrected chi connectivity index (χ3v) is 3.62. The summed E-state index contributed by atoms with van der Waals surface area (Å²) in [5, 5.41) is 0.742. The first-order valence-corrected chi connectivity index (χ1v) is 6.57. The number of aromatic nitrogens is 1. The van der Waals surface area contributed by atoms with Crippen LogP contribution in [0.4, 0.5) is 10.1 Å². The molecule has 0 aliphatic heterocycles. The second kappa shape index (κ2) is 4.96. The lowest BCUT2D eigenvalue weighted by atomic mass is 10.1. The van der Waals surface area contributed by atoms with Gasteiger partial charge in [0, 0.05) is 16.7 Å². The quantitative estimate of drug-likeness (QED) is 0.712. The molecule has 0 saturated carbocycles. The molecular formula is C14H9Cl2FN2O. The molecule has 0 unspecified atom stereocenters. The Morgan fingerprint density at radius 2 is 2.00 bits per heavy atom. The van der Waals surface area contributed by atoms with Gasteiger partial charge < -0.3 is 10.2 Å². The Labute approximate surface area is 124 Å². The van der Waals surface area contributed by atoms with Gasteiger partial charge in [-0.25, -0.2) is 9.37 Å². The number of halogens is 3. The molecule has 102 valence electrons. The van der Waals surface area contributed by atoms with Crippen LogP contribution in [0.1, 0.15) is 11.5 Å². The predicted octanol–water partition coefficient (Wildman–Crippen LogP) is 4.45. The highest BCUT2D eigenvalue weighted by atomic mass is 35.5. The van der Waals surface area contributed by atoms with Gasteiger partial charge in [-0.15, -0.1) is 0 Å². The number of anilines is 1. The zero-order chi connectivity index (χ0) is 14.3. The molecule has 0 amide bonds. The summed E-state index contributed by atoms with van der Waals surface area (Å²) < 4.78 is 19.3. The minimum Gasteiger partial charge on any atom is -0.440 e. The lowest BCUT2D eigenvalue weighted by Gasteiger charge is -2.02. The largest absolute Gasteiger partial charge is 0.440 e. The first kappa shape index (κ1) is 13.2. The van der Waals surface area contributed by atoms with Crippen LogP contribution in [0, 0.1) is 5.82 Å². The summed E-state index contributed by atoms with van der Waals surface area (Å²) in [7, 11) is 0. The highest BCUT2D eigenvalue weighted by Crippen LogP contribution is 2.28. The number of nitrogens with zero attached hydrogens (tertiary/aromatic N) is 1. The van der Waals surface area contributed by atoms with E-state index in [0.29, 0.717) is 38.3 Å². The minimum atomic E-state index is -0.391. The summed E-state index contributed by atoms with van der Waals surface area (Å²) in [4.78, 5) is 4.26. The van der Waals surface area contributed by atoms with E-state index in [1.165, 1.54) is 6.07 Å². The molecule has 3 aromatic rings. The number of nitrogen functional groups attached to an aromatic ring is 1. The van der Waals surface area contributed by atoms with Gasteiger partial charge in [0.05, 0.1) is 17.1 Å². The topological polar surface area (TPSA) is 52.0 Å². The molecule has 0 aliphatic rings. The van der Waals surface area contributed by atoms with Gasteiger partial charge in [-0.3, -0.25) is 0 Å². The van der Waals surface area contributed by atoms with Crippen molar-refractivity contribution >= 4 is 40.0 Å². The van der Waals surface area contributed by atoms with Crippen LogP contribution in [-0.4, -0.2) is 4.98 Å². The minimum absolute atomic E-state index is 0.164. The van der Waals surface area contributed by atoms with Crippen LogP contribution >= 0.6 is 23.2 Å². The Morgan fingerprint density at radius 3 is 2.75 bits per heavy atom. The normalized spacial score (nSPS) is 11.2. The van der Waals surface area contributed by atoms with E-state index in [4.69, 9.17) is 33.4 Å². The molecule has 1 heterocycles. The number of hydrogen-bond acceptors (Lipinski definition) is 3. The molecule has 3 rings (SSSR count). The number of hydrogen-bond donors (Lipinski definition) is 1. The summed E-state index contributed by atoms with van der Waals surface area (Å²) in [6, 6.07) is 7.73. The van der Waals surface area contributed by atoms with Gasteiger partial charge in [0.1, 0.15) is 11.3 Å². The van der Waals surface area contributed by atoms with E-state index in [2.05, 4.69) is 4.98 Å². The van der Waals surface area contributed by atoms with Crippen molar-refractivity contribution in [1.29, 1.82) is 0 Å². The van der Waals surface area contributed by atoms with Crippen molar-refractivity contribution < 1.29 is 8.81 Å². The molecule has 1 aromatic heterocycles. The van der Waals surface area contributed by atoms with Crippen molar-refractivity contribution in [2.75, 3.05) is 5.73 Å². The van der Waals surface area contributed by atoms with E-state index in [9.17, 15) is 4.39 Å². The Kier molecular flexibility index (Phi) is 3.28. The van der Waals surface area contributed by atoms with Crippen LogP contribution in [0.15, 0.2) is 34.7 Å². The molecule has 0 radical (unpaired) electrons. The molecule has 6 heteroatoms. The van der Waals surface area contributed by atoms with Crippen LogP contribution in [0.25, 0.3) is 11.1 Å². The predicted molar refractivity (Wildman–Crippen MR) is 77.6 cm³/mol. The molecule has 2 N–H and O–H groups in total. The smallest absolute Gasteiger partial charge is 0.200 e. The number of benzene rings is 2. The second-order valence-electron chi connectivity index (χ2n) is 4.33. The number of nitrogens with two attached hydrogens (primary N) is 1. The van der Waals surface area contributed by atoms with Crippen LogP contribution in [0.2, 0.25) is 10.0 Å². The first-order chi connectivity index (χ1) is 9.54. The third-order valence-electron chi connectivity index (χ3n) is 2.94. The molecule has 0 aliphatic carbocycles. The van der Waals surface area contributed by atoms with Crippen LogP contribution in [-0.2, 0) is 6.42 Å². The van der Waals surface area contributed by atoms with Crippen LogP contribution in [0.3, 0.4) is 0 Å². The van der Waals surface area contributed by atoms with Gasteiger partial charge in [0.2, 0.25) is 0 Å². The Hall–Kier alpha value is -1.78. The van der Waals surface area contributed by atoms with Crippen molar-refractivity contribution in [3.8, 4) is 0 Å². The summed E-state index contributed by atoms with van der Waals surface area (Å²) in [6.45, 7) is 0. The fraction of sp³-hybridized carbons (Fsp3) is 0.0714. The number of rotatable bonds is 2. The maximum Gasteiger partial charge on any atom is 0.200 e. The third kappa shape index (κ3) is 2.32. The Balaban J connectivity index is 2.03. The van der Waals surface area contributed by atoms with Gasteiger partial charge in [-0.05, 0) is 18.2 Å². The lowest BCUT2D eigenvalue weighted by molar-refractivity contribution is 0.534. The number of fused-ring (bicyclic) bond motifs is 1. The fourth-order valence-electron chi connectivity index (χ4n) is 1.94. The molecular weight excluding hydrogens is 302 g/mol. The summed E-state index contributed by atoms with van der Waals surface area (Å²) in [6.07, 6.45) is 0.164. The molecule has 0 spiro atoms. The highest BCUT2D eigenvalue weighted by Gasteiger charge is 2.13. The molecule has 0 saturated heterocycles. The van der Waals surface area contributed by atoms with Gasteiger partial charge >= 0.3 is 0 Å². The van der Waals surface area contributed by atoms with Crippen LogP contribution < -0.4 is 5.73 Å². The maximum atomic E-state index is 13.7. The van der Waals surface area contributed by atoms with E-state index >= 15 is 0 Å². The second-order valence-corrected chi connectivity index (χ2v) is 5.14. The SMILES string of the molecule is Nc1cc2oc(Cc3c(F)cccc3Cl)nc2cc1Cl. The van der Waals surface area contributed by atoms with Gasteiger partial charge in [-0.2, -0.15) is 0 Å². The molecule has 3 nitrogen and oxygen atoms in total. The summed E-state index contributed by atoms with van der Waals surface area (Å²) in [5.74, 6) is -0.0361. The summed E-state index contributed by atoms with van der Waals surface area (Å²) >= 11 is 11.9. The highest BCUT2D eigenvalue weighted by molar-refractivity contribution is 6.33. The standard InChI is InChI=1S/C14H9Cl2FN2O/c15-8-2-1-3-10(17)7(8)4-14-19-12-5-9(16)11(18)6-13(12)20-14/h1-3,5-6H,4,18H2. The van der Waals surface area contributed by atoms with E-state index in [-0.39, 0.29) is 6.42 Å². The lowest BCUT2D eigenvalue weighted by Crippen LogP contribution is -1.93. The molecule has 0 bridgehead atoms. The Bertz CT molecular complexity index is 742. The number of oxazole rings is 1. The van der Waals surface area contributed by atoms with E-state index in [1.54, 1.807) is 24.3 Å². The fourth-order valence-corrected chi connectivity index (χ4v) is 2.33. The first-order valence-electron chi connectivity index (χ1n) is 5.82. The monoisotopic (exact) mass is 310 g/mol. The van der Waals surface area contributed by atoms with Gasteiger partial charge in [0.15, 0.2) is 11.5 Å². The zero-order valence-corrected chi connectivity index (χ0v) is 11.7. The van der Waals surface area contributed by atoms with E-state index < -0.39 is 5.82 Å². The molecule has 0 atom stereocenters. The van der Waals surface area contributed by atoms with E-state index in [1.807, 2.05) is 0 Å². The van der Waals surface area contributed by atoms with Crippen molar-refractivity contribution in [3.05, 3.63) is 57.6 Å².